The highest BCUT2D eigenvalue weighted by Crippen LogP contribution is 2.16. The van der Waals surface area contributed by atoms with Gasteiger partial charge in [-0.2, -0.15) is 0 Å². The van der Waals surface area contributed by atoms with Crippen molar-refractivity contribution in [3.05, 3.63) is 24.3 Å². The van der Waals surface area contributed by atoms with Crippen molar-refractivity contribution in [1.82, 2.24) is 5.32 Å². The molecule has 0 aromatic heterocycles. The third-order valence-corrected chi connectivity index (χ3v) is 2.34. The predicted octanol–water partition coefficient (Wildman–Crippen LogP) is 0.961. The first-order valence-corrected chi connectivity index (χ1v) is 5.82. The van der Waals surface area contributed by atoms with E-state index in [-0.39, 0.29) is 25.0 Å². The summed E-state index contributed by atoms with van der Waals surface area (Å²) in [4.78, 5) is 11.4. The van der Waals surface area contributed by atoms with Crippen LogP contribution in [-0.2, 0) is 4.79 Å². The molecule has 0 fully saturated rings. The molecule has 0 aliphatic carbocycles. The minimum atomic E-state index is -0.224. The van der Waals surface area contributed by atoms with Crippen LogP contribution >= 0.6 is 0 Å². The zero-order chi connectivity index (χ0) is 13.4. The number of carbonyl (C=O) groups is 1. The van der Waals surface area contributed by atoms with Gasteiger partial charge in [0, 0.05) is 6.04 Å². The van der Waals surface area contributed by atoms with Gasteiger partial charge in [-0.1, -0.05) is 0 Å². The van der Waals surface area contributed by atoms with E-state index in [1.165, 1.54) is 0 Å². The van der Waals surface area contributed by atoms with Crippen LogP contribution in [0.2, 0.25) is 0 Å². The van der Waals surface area contributed by atoms with Crippen molar-refractivity contribution >= 4 is 5.91 Å². The fourth-order valence-corrected chi connectivity index (χ4v) is 1.33. The summed E-state index contributed by atoms with van der Waals surface area (Å²) >= 11 is 0. The number of nitrogens with one attached hydrogen (secondary N) is 1. The summed E-state index contributed by atoms with van der Waals surface area (Å²) in [5.74, 6) is 1.32. The van der Waals surface area contributed by atoms with Crippen LogP contribution in [0.4, 0.5) is 0 Å². The van der Waals surface area contributed by atoms with Gasteiger partial charge < -0.3 is 19.9 Å². The molecule has 0 unspecified atom stereocenters. The molecule has 0 saturated heterocycles. The molecule has 1 atom stereocenters. The first kappa shape index (κ1) is 14.3. The maximum Gasteiger partial charge on any atom is 0.223 e. The van der Waals surface area contributed by atoms with Crippen LogP contribution in [0, 0.1) is 0 Å². The summed E-state index contributed by atoms with van der Waals surface area (Å²) in [6, 6.07) is 6.94. The van der Waals surface area contributed by atoms with Gasteiger partial charge in [0.25, 0.3) is 0 Å². The van der Waals surface area contributed by atoms with Gasteiger partial charge in [0.05, 0.1) is 26.7 Å². The maximum absolute atomic E-state index is 11.4. The van der Waals surface area contributed by atoms with E-state index in [2.05, 4.69) is 5.32 Å². The molecule has 100 valence electrons. The van der Waals surface area contributed by atoms with Crippen molar-refractivity contribution in [3.8, 4) is 11.5 Å². The van der Waals surface area contributed by atoms with Gasteiger partial charge in [-0.05, 0) is 31.2 Å². The van der Waals surface area contributed by atoms with Gasteiger partial charge in [-0.3, -0.25) is 4.79 Å². The Morgan fingerprint density at radius 3 is 2.50 bits per heavy atom. The summed E-state index contributed by atoms with van der Waals surface area (Å²) in [5.41, 5.74) is 0. The van der Waals surface area contributed by atoms with Crippen LogP contribution < -0.4 is 14.8 Å². The van der Waals surface area contributed by atoms with E-state index in [4.69, 9.17) is 14.6 Å². The number of aliphatic hydroxyl groups is 1. The Kier molecular flexibility index (Phi) is 6.00. The van der Waals surface area contributed by atoms with Gasteiger partial charge in [0.1, 0.15) is 11.5 Å². The molecule has 0 aliphatic heterocycles. The molecule has 0 radical (unpaired) electrons. The molecule has 0 bridgehead atoms. The fourth-order valence-electron chi connectivity index (χ4n) is 1.33. The Morgan fingerprint density at radius 2 is 1.94 bits per heavy atom. The maximum atomic E-state index is 11.4. The number of rotatable bonds is 7. The zero-order valence-corrected chi connectivity index (χ0v) is 10.7. The molecule has 0 heterocycles. The molecule has 1 rings (SSSR count). The highest BCUT2D eigenvalue weighted by atomic mass is 16.5. The lowest BCUT2D eigenvalue weighted by Crippen LogP contribution is -2.35. The summed E-state index contributed by atoms with van der Waals surface area (Å²) in [5, 5.41) is 11.4. The first-order chi connectivity index (χ1) is 8.65. The molecule has 2 N–H and O–H groups in total. The molecular formula is C13H19NO4. The van der Waals surface area contributed by atoms with Crippen LogP contribution in [0.25, 0.3) is 0 Å². The molecule has 5 nitrogen and oxygen atoms in total. The van der Waals surface area contributed by atoms with Crippen molar-refractivity contribution in [2.45, 2.75) is 19.4 Å². The largest absolute Gasteiger partial charge is 0.497 e. The lowest BCUT2D eigenvalue weighted by atomic mass is 10.3. The number of aliphatic hydroxyl groups excluding tert-OH is 1. The molecule has 1 aromatic carbocycles. The number of ether oxygens (including phenoxy) is 2. The molecule has 5 heteroatoms. The van der Waals surface area contributed by atoms with Crippen LogP contribution in [0.5, 0.6) is 11.5 Å². The van der Waals surface area contributed by atoms with Crippen LogP contribution in [0.3, 0.4) is 0 Å². The van der Waals surface area contributed by atoms with Crippen molar-refractivity contribution < 1.29 is 19.4 Å². The van der Waals surface area contributed by atoms with Gasteiger partial charge in [-0.15, -0.1) is 0 Å². The smallest absolute Gasteiger partial charge is 0.223 e. The molecule has 0 saturated carbocycles. The predicted molar refractivity (Wildman–Crippen MR) is 67.8 cm³/mol. The highest BCUT2D eigenvalue weighted by Gasteiger charge is 2.06. The number of carbonyl (C=O) groups excluding carboxylic acids is 1. The zero-order valence-electron chi connectivity index (χ0n) is 10.7. The Balaban J connectivity index is 2.26. The SMILES string of the molecule is COc1ccc(OCCC(=O)N[C@@H](C)CO)cc1. The fraction of sp³-hybridized carbons (Fsp3) is 0.462. The topological polar surface area (TPSA) is 67.8 Å². The van der Waals surface area contributed by atoms with E-state index in [1.54, 1.807) is 38.3 Å². The normalized spacial score (nSPS) is 11.7. The third-order valence-electron chi connectivity index (χ3n) is 2.34. The van der Waals surface area contributed by atoms with E-state index in [1.807, 2.05) is 0 Å². The number of amides is 1. The second-order valence-corrected chi connectivity index (χ2v) is 3.93. The van der Waals surface area contributed by atoms with E-state index in [0.29, 0.717) is 12.4 Å². The quantitative estimate of drug-likeness (QED) is 0.759. The van der Waals surface area contributed by atoms with Crippen molar-refractivity contribution in [3.63, 3.8) is 0 Å². The van der Waals surface area contributed by atoms with Gasteiger partial charge >= 0.3 is 0 Å². The lowest BCUT2D eigenvalue weighted by Gasteiger charge is -2.11. The average molecular weight is 253 g/mol. The van der Waals surface area contributed by atoms with E-state index in [0.717, 1.165) is 5.75 Å². The Labute approximate surface area is 107 Å². The monoisotopic (exact) mass is 253 g/mol. The van der Waals surface area contributed by atoms with Gasteiger partial charge in [-0.25, -0.2) is 0 Å². The molecule has 1 aromatic rings. The second-order valence-electron chi connectivity index (χ2n) is 3.93. The van der Waals surface area contributed by atoms with Gasteiger partial charge in [0.15, 0.2) is 0 Å². The third kappa shape index (κ3) is 5.05. The molecule has 0 aliphatic rings. The summed E-state index contributed by atoms with van der Waals surface area (Å²) in [6.07, 6.45) is 0.260. The lowest BCUT2D eigenvalue weighted by molar-refractivity contribution is -0.122. The molecule has 18 heavy (non-hydrogen) atoms. The molecule has 1 amide bonds. The van der Waals surface area contributed by atoms with Crippen molar-refractivity contribution in [2.24, 2.45) is 0 Å². The van der Waals surface area contributed by atoms with Crippen molar-refractivity contribution in [1.29, 1.82) is 0 Å². The van der Waals surface area contributed by atoms with Gasteiger partial charge in [0.2, 0.25) is 5.91 Å². The number of hydrogen-bond acceptors (Lipinski definition) is 4. The molecule has 0 spiro atoms. The Bertz CT molecular complexity index is 364. The number of benzene rings is 1. The standard InChI is InChI=1S/C13H19NO4/c1-10(9-15)14-13(16)7-8-18-12-5-3-11(17-2)4-6-12/h3-6,10,15H,7-9H2,1-2H3,(H,14,16)/t10-/m0/s1. The minimum absolute atomic E-state index is 0.0644. The number of hydrogen-bond donors (Lipinski definition) is 2. The Morgan fingerprint density at radius 1 is 1.33 bits per heavy atom. The van der Waals surface area contributed by atoms with Crippen LogP contribution in [0.15, 0.2) is 24.3 Å². The molecular weight excluding hydrogens is 234 g/mol. The van der Waals surface area contributed by atoms with E-state index in [9.17, 15) is 4.79 Å². The average Bonchev–Trinajstić information content (AvgIpc) is 2.39. The Hall–Kier alpha value is -1.75. The van der Waals surface area contributed by atoms with E-state index >= 15 is 0 Å². The number of methoxy groups -OCH3 is 1. The summed E-state index contributed by atoms with van der Waals surface area (Å²) in [6.45, 7) is 1.98. The highest BCUT2D eigenvalue weighted by molar-refractivity contribution is 5.76. The minimum Gasteiger partial charge on any atom is -0.497 e. The summed E-state index contributed by atoms with van der Waals surface area (Å²) in [7, 11) is 1.60. The van der Waals surface area contributed by atoms with E-state index < -0.39 is 0 Å². The van der Waals surface area contributed by atoms with Crippen LogP contribution in [-0.4, -0.2) is 37.4 Å². The first-order valence-electron chi connectivity index (χ1n) is 5.82. The summed E-state index contributed by atoms with van der Waals surface area (Å²) < 4.78 is 10.4. The van der Waals surface area contributed by atoms with Crippen molar-refractivity contribution in [2.75, 3.05) is 20.3 Å². The van der Waals surface area contributed by atoms with Crippen LogP contribution in [0.1, 0.15) is 13.3 Å². The second kappa shape index (κ2) is 7.55.